The summed E-state index contributed by atoms with van der Waals surface area (Å²) >= 11 is 6.07. The molecule has 0 unspecified atom stereocenters. The van der Waals surface area contributed by atoms with Gasteiger partial charge < -0.3 is 14.8 Å². The Morgan fingerprint density at radius 3 is 2.44 bits per heavy atom. The minimum Gasteiger partial charge on any atom is -0.495 e. The van der Waals surface area contributed by atoms with Crippen molar-refractivity contribution in [3.63, 3.8) is 0 Å². The number of halogens is 1. The van der Waals surface area contributed by atoms with E-state index in [1.54, 1.807) is 12.1 Å². The number of esters is 1. The molecule has 0 aliphatic carbocycles. The van der Waals surface area contributed by atoms with Crippen LogP contribution in [0.2, 0.25) is 5.02 Å². The lowest BCUT2D eigenvalue weighted by atomic mass is 9.98. The molecule has 0 spiro atoms. The first-order chi connectivity index (χ1) is 12.8. The molecule has 0 aliphatic rings. The van der Waals surface area contributed by atoms with Crippen molar-refractivity contribution in [2.45, 2.75) is 39.2 Å². The van der Waals surface area contributed by atoms with Crippen LogP contribution in [0.5, 0.6) is 5.75 Å². The molecule has 0 aromatic heterocycles. The molecular formula is C21H24ClNO4. The average molecular weight is 390 g/mol. The highest BCUT2D eigenvalue weighted by molar-refractivity contribution is 6.31. The summed E-state index contributed by atoms with van der Waals surface area (Å²) in [6.07, 6.45) is -0.730. The quantitative estimate of drug-likeness (QED) is 0.696. The molecule has 0 heterocycles. The highest BCUT2D eigenvalue weighted by Crippen LogP contribution is 2.31. The molecule has 2 aromatic carbocycles. The van der Waals surface area contributed by atoms with Gasteiger partial charge in [-0.05, 0) is 37.0 Å². The van der Waals surface area contributed by atoms with Gasteiger partial charge in [-0.1, -0.05) is 48.9 Å². The molecule has 1 N–H and O–H groups in total. The molecule has 2 rings (SSSR count). The van der Waals surface area contributed by atoms with Crippen LogP contribution >= 0.6 is 11.6 Å². The number of aryl methyl sites for hydroxylation is 1. The summed E-state index contributed by atoms with van der Waals surface area (Å²) in [5, 5.41) is 3.26. The fraction of sp³-hybridized carbons (Fsp3) is 0.333. The normalized spacial score (nSPS) is 12.8. The van der Waals surface area contributed by atoms with E-state index < -0.39 is 18.0 Å². The predicted molar refractivity (Wildman–Crippen MR) is 106 cm³/mol. The molecule has 2 aromatic rings. The molecular weight excluding hydrogens is 366 g/mol. The predicted octanol–water partition coefficient (Wildman–Crippen LogP) is 4.72. The summed E-state index contributed by atoms with van der Waals surface area (Å²) in [5.74, 6) is -0.410. The van der Waals surface area contributed by atoms with Gasteiger partial charge in [-0.15, -0.1) is 0 Å². The minimum atomic E-state index is -0.929. The first-order valence-corrected chi connectivity index (χ1v) is 9.09. The monoisotopic (exact) mass is 389 g/mol. The van der Waals surface area contributed by atoms with Crippen molar-refractivity contribution < 1.29 is 19.1 Å². The van der Waals surface area contributed by atoms with E-state index in [0.717, 1.165) is 11.1 Å². The van der Waals surface area contributed by atoms with Gasteiger partial charge in [0.2, 0.25) is 0 Å². The smallest absolute Gasteiger partial charge is 0.307 e. The second kappa shape index (κ2) is 9.42. The maximum atomic E-state index is 12.4. The largest absolute Gasteiger partial charge is 0.495 e. The average Bonchev–Trinajstić information content (AvgIpc) is 2.64. The lowest BCUT2D eigenvalue weighted by molar-refractivity contribution is -0.153. The van der Waals surface area contributed by atoms with Crippen LogP contribution in [0.3, 0.4) is 0 Å². The topological polar surface area (TPSA) is 64.6 Å². The summed E-state index contributed by atoms with van der Waals surface area (Å²) in [7, 11) is 1.49. The molecule has 0 saturated carbocycles. The number of hydrogen-bond acceptors (Lipinski definition) is 4. The molecule has 27 heavy (non-hydrogen) atoms. The van der Waals surface area contributed by atoms with Gasteiger partial charge in [-0.2, -0.15) is 0 Å². The van der Waals surface area contributed by atoms with E-state index in [0.29, 0.717) is 16.5 Å². The zero-order chi connectivity index (χ0) is 20.0. The van der Waals surface area contributed by atoms with E-state index in [-0.39, 0.29) is 12.3 Å². The second-order valence-corrected chi connectivity index (χ2v) is 6.85. The van der Waals surface area contributed by atoms with Crippen molar-refractivity contribution in [1.29, 1.82) is 0 Å². The molecule has 6 heteroatoms. The molecule has 0 radical (unpaired) electrons. The SMILES string of the molecule is COc1cc(Cl)c(C)cc1NC(=O)[C@H](C)OC(=O)C[C@H](C)c1ccccc1. The van der Waals surface area contributed by atoms with Crippen LogP contribution in [0.4, 0.5) is 5.69 Å². The zero-order valence-corrected chi connectivity index (χ0v) is 16.7. The first kappa shape index (κ1) is 20.8. The molecule has 0 aliphatic heterocycles. The van der Waals surface area contributed by atoms with Crippen molar-refractivity contribution >= 4 is 29.2 Å². The van der Waals surface area contributed by atoms with Crippen molar-refractivity contribution in [3.8, 4) is 5.75 Å². The number of carbonyl (C=O) groups is 2. The molecule has 144 valence electrons. The van der Waals surface area contributed by atoms with Crippen LogP contribution in [0.15, 0.2) is 42.5 Å². The molecule has 5 nitrogen and oxygen atoms in total. The third-order valence-corrected chi connectivity index (χ3v) is 4.66. The van der Waals surface area contributed by atoms with Gasteiger partial charge in [0.25, 0.3) is 5.91 Å². The Morgan fingerprint density at radius 1 is 1.15 bits per heavy atom. The van der Waals surface area contributed by atoms with Crippen molar-refractivity contribution in [3.05, 3.63) is 58.6 Å². The lowest BCUT2D eigenvalue weighted by Gasteiger charge is -2.17. The fourth-order valence-electron chi connectivity index (χ4n) is 2.61. The van der Waals surface area contributed by atoms with Crippen LogP contribution in [-0.4, -0.2) is 25.1 Å². The number of methoxy groups -OCH3 is 1. The zero-order valence-electron chi connectivity index (χ0n) is 15.9. The molecule has 2 atom stereocenters. The highest BCUT2D eigenvalue weighted by Gasteiger charge is 2.21. The van der Waals surface area contributed by atoms with Gasteiger partial charge in [-0.3, -0.25) is 9.59 Å². The second-order valence-electron chi connectivity index (χ2n) is 6.44. The summed E-state index contributed by atoms with van der Waals surface area (Å²) < 4.78 is 10.5. The van der Waals surface area contributed by atoms with Crippen LogP contribution in [-0.2, 0) is 14.3 Å². The van der Waals surface area contributed by atoms with Gasteiger partial charge in [0.15, 0.2) is 6.10 Å². The van der Waals surface area contributed by atoms with E-state index >= 15 is 0 Å². The lowest BCUT2D eigenvalue weighted by Crippen LogP contribution is -2.30. The third-order valence-electron chi connectivity index (χ3n) is 4.26. The van der Waals surface area contributed by atoms with Crippen LogP contribution in [0.1, 0.15) is 37.3 Å². The number of carbonyl (C=O) groups excluding carboxylic acids is 2. The Morgan fingerprint density at radius 2 is 1.81 bits per heavy atom. The van der Waals surface area contributed by atoms with Gasteiger partial charge >= 0.3 is 5.97 Å². The highest BCUT2D eigenvalue weighted by atomic mass is 35.5. The summed E-state index contributed by atoms with van der Waals surface area (Å²) in [4.78, 5) is 24.6. The number of anilines is 1. The number of hydrogen-bond donors (Lipinski definition) is 1. The van der Waals surface area contributed by atoms with Crippen molar-refractivity contribution in [2.24, 2.45) is 0 Å². The Kier molecular flexibility index (Phi) is 7.25. The van der Waals surface area contributed by atoms with Gasteiger partial charge in [0.1, 0.15) is 5.75 Å². The number of ether oxygens (including phenoxy) is 2. The summed E-state index contributed by atoms with van der Waals surface area (Å²) in [5.41, 5.74) is 2.33. The number of nitrogens with one attached hydrogen (secondary N) is 1. The Labute approximate surface area is 164 Å². The maximum absolute atomic E-state index is 12.4. The standard InChI is InChI=1S/C21H24ClNO4/c1-13(16-8-6-5-7-9-16)11-20(24)27-15(3)21(25)23-18-10-14(2)17(22)12-19(18)26-4/h5-10,12-13,15H,11H2,1-4H3,(H,23,25)/t13-,15-/m0/s1. The van der Waals surface area contributed by atoms with Crippen molar-refractivity contribution in [1.82, 2.24) is 0 Å². The molecule has 1 amide bonds. The van der Waals surface area contributed by atoms with E-state index in [2.05, 4.69) is 5.32 Å². The van der Waals surface area contributed by atoms with Gasteiger partial charge in [-0.25, -0.2) is 0 Å². The van der Waals surface area contributed by atoms with Crippen LogP contribution in [0, 0.1) is 6.92 Å². The van der Waals surface area contributed by atoms with E-state index in [1.165, 1.54) is 14.0 Å². The van der Waals surface area contributed by atoms with Crippen LogP contribution in [0.25, 0.3) is 0 Å². The van der Waals surface area contributed by atoms with E-state index in [4.69, 9.17) is 21.1 Å². The summed E-state index contributed by atoms with van der Waals surface area (Å²) in [6.45, 7) is 5.31. The Bertz CT molecular complexity index is 807. The maximum Gasteiger partial charge on any atom is 0.307 e. The van der Waals surface area contributed by atoms with Gasteiger partial charge in [0, 0.05) is 11.1 Å². The van der Waals surface area contributed by atoms with Crippen molar-refractivity contribution in [2.75, 3.05) is 12.4 Å². The van der Waals surface area contributed by atoms with E-state index in [9.17, 15) is 9.59 Å². The van der Waals surface area contributed by atoms with Crippen LogP contribution < -0.4 is 10.1 Å². The molecule has 0 bridgehead atoms. The van der Waals surface area contributed by atoms with E-state index in [1.807, 2.05) is 44.2 Å². The Balaban J connectivity index is 1.95. The number of amides is 1. The molecule has 0 fully saturated rings. The fourth-order valence-corrected chi connectivity index (χ4v) is 2.77. The third kappa shape index (κ3) is 5.73. The number of benzene rings is 2. The first-order valence-electron chi connectivity index (χ1n) is 8.71. The number of rotatable bonds is 7. The summed E-state index contributed by atoms with van der Waals surface area (Å²) in [6, 6.07) is 13.0. The molecule has 0 saturated heterocycles. The minimum absolute atomic E-state index is 0.00738. The Hall–Kier alpha value is -2.53. The van der Waals surface area contributed by atoms with Gasteiger partial charge in [0.05, 0.1) is 19.2 Å².